The molecule has 0 fully saturated rings. The molecule has 0 radical (unpaired) electrons. The molecule has 1 aromatic rings. The molecule has 0 aliphatic rings. The molecule has 0 amide bonds. The van der Waals surface area contributed by atoms with Crippen LogP contribution in [0.25, 0.3) is 0 Å². The van der Waals surface area contributed by atoms with Gasteiger partial charge in [-0.25, -0.2) is 0 Å². The van der Waals surface area contributed by atoms with Crippen molar-refractivity contribution in [3.05, 3.63) is 35.9 Å². The van der Waals surface area contributed by atoms with E-state index >= 15 is 0 Å². The van der Waals surface area contributed by atoms with Crippen molar-refractivity contribution in [2.75, 3.05) is 6.61 Å². The number of rotatable bonds is 14. The van der Waals surface area contributed by atoms with Crippen LogP contribution in [0.1, 0.15) is 77.7 Å². The van der Waals surface area contributed by atoms with Gasteiger partial charge in [0.05, 0.1) is 23.2 Å². The first-order chi connectivity index (χ1) is 14.4. The summed E-state index contributed by atoms with van der Waals surface area (Å²) in [6, 6.07) is 9.70. The predicted octanol–water partition coefficient (Wildman–Crippen LogP) is 4.68. The van der Waals surface area contributed by atoms with Gasteiger partial charge in [-0.15, -0.1) is 0 Å². The van der Waals surface area contributed by atoms with Gasteiger partial charge >= 0.3 is 11.9 Å². The van der Waals surface area contributed by atoms with E-state index in [0.29, 0.717) is 12.8 Å². The Hall–Kier alpha value is -1.93. The van der Waals surface area contributed by atoms with Crippen molar-refractivity contribution in [1.29, 1.82) is 0 Å². The highest BCUT2D eigenvalue weighted by atomic mass is 32.2. The summed E-state index contributed by atoms with van der Waals surface area (Å²) in [4.78, 5) is 25.0. The molecule has 0 aliphatic carbocycles. The summed E-state index contributed by atoms with van der Waals surface area (Å²) in [5.74, 6) is -2.35. The number of ether oxygens (including phenoxy) is 1. The number of esters is 1. The van der Waals surface area contributed by atoms with Gasteiger partial charge < -0.3 is 9.84 Å². The third-order valence-corrected chi connectivity index (χ3v) is 7.05. The Bertz CT molecular complexity index is 806. The van der Waals surface area contributed by atoms with Gasteiger partial charge in [-0.1, -0.05) is 50.6 Å². The lowest BCUT2D eigenvalue weighted by Crippen LogP contribution is -2.38. The zero-order chi connectivity index (χ0) is 23.7. The monoisotopic (exact) mass is 456 g/mol. The summed E-state index contributed by atoms with van der Waals surface area (Å²) in [6.07, 6.45) is 2.35. The number of carbonyl (C=O) groups excluding carboxylic acids is 1. The minimum Gasteiger partial charge on any atom is -0.481 e. The summed E-state index contributed by atoms with van der Waals surface area (Å²) in [5, 5.41) is 8.61. The van der Waals surface area contributed by atoms with Crippen LogP contribution in [0.15, 0.2) is 30.3 Å². The lowest BCUT2D eigenvalue weighted by atomic mass is 9.74. The van der Waals surface area contributed by atoms with E-state index in [1.54, 1.807) is 0 Å². The molecule has 0 aliphatic heterocycles. The highest BCUT2D eigenvalue weighted by Crippen LogP contribution is 2.38. The zero-order valence-corrected chi connectivity index (χ0v) is 19.7. The number of unbranched alkanes of at least 4 members (excludes halogenated alkanes) is 1. The lowest BCUT2D eigenvalue weighted by molar-refractivity contribution is -0.155. The van der Waals surface area contributed by atoms with Gasteiger partial charge in [-0.05, 0) is 57.4 Å². The number of carbonyl (C=O) groups is 2. The first-order valence-electron chi connectivity index (χ1n) is 10.9. The van der Waals surface area contributed by atoms with Crippen LogP contribution in [0.3, 0.4) is 0 Å². The summed E-state index contributed by atoms with van der Waals surface area (Å²) in [6.45, 7) is 6.94. The van der Waals surface area contributed by atoms with Crippen LogP contribution in [-0.4, -0.2) is 41.9 Å². The fraction of sp³-hybridized carbons (Fsp3) is 0.652. The molecule has 31 heavy (non-hydrogen) atoms. The molecule has 4 atom stereocenters. The lowest BCUT2D eigenvalue weighted by Gasteiger charge is -2.32. The second-order valence-electron chi connectivity index (χ2n) is 8.57. The van der Waals surface area contributed by atoms with Gasteiger partial charge in [0.15, 0.2) is 0 Å². The predicted molar refractivity (Wildman–Crippen MR) is 119 cm³/mol. The number of carboxylic acid groups (broad SMARTS) is 1. The second-order valence-corrected chi connectivity index (χ2v) is 10.4. The molecule has 0 saturated heterocycles. The molecule has 0 spiro atoms. The van der Waals surface area contributed by atoms with Gasteiger partial charge in [0.2, 0.25) is 0 Å². The van der Waals surface area contributed by atoms with Crippen molar-refractivity contribution in [2.45, 2.75) is 77.4 Å². The Kier molecular flexibility index (Phi) is 10.7. The Balaban J connectivity index is 3.18. The van der Waals surface area contributed by atoms with Crippen molar-refractivity contribution in [2.24, 2.45) is 11.3 Å². The number of aliphatic carboxylic acids is 1. The van der Waals surface area contributed by atoms with E-state index in [1.807, 2.05) is 44.2 Å². The van der Waals surface area contributed by atoms with E-state index in [-0.39, 0.29) is 25.4 Å². The molecule has 0 bridgehead atoms. The molecule has 176 valence electrons. The van der Waals surface area contributed by atoms with Crippen molar-refractivity contribution < 1.29 is 32.4 Å². The molecule has 2 N–H and O–H groups in total. The standard InChI is InChI=1S/C23H36O7S/c1-5-7-13-30-21(24)20(14-18(6-2)19-11-9-8-10-12-19)16-23(4,22(25)26)15-17(3)31(27,28)29/h8-12,17-18,20H,5-7,13-16H2,1-4H3,(H,25,26)(H,27,28,29). The van der Waals surface area contributed by atoms with E-state index < -0.39 is 38.6 Å². The molecule has 0 aromatic heterocycles. The van der Waals surface area contributed by atoms with Crippen LogP contribution in [0.2, 0.25) is 0 Å². The second kappa shape index (κ2) is 12.2. The maximum atomic E-state index is 12.9. The molecule has 1 rings (SSSR count). The van der Waals surface area contributed by atoms with Crippen LogP contribution in [0.4, 0.5) is 0 Å². The number of hydrogen-bond acceptors (Lipinski definition) is 5. The SMILES string of the molecule is CCCCOC(=O)C(CC(CC)c1ccccc1)CC(C)(CC(C)S(=O)(=O)O)C(=O)O. The third-order valence-electron chi connectivity index (χ3n) is 5.87. The summed E-state index contributed by atoms with van der Waals surface area (Å²) in [5.41, 5.74) is -0.460. The van der Waals surface area contributed by atoms with Gasteiger partial charge in [0, 0.05) is 0 Å². The van der Waals surface area contributed by atoms with E-state index in [9.17, 15) is 27.7 Å². The highest BCUT2D eigenvalue weighted by molar-refractivity contribution is 7.86. The van der Waals surface area contributed by atoms with Gasteiger partial charge in [-0.2, -0.15) is 8.42 Å². The summed E-state index contributed by atoms with van der Waals surface area (Å²) < 4.78 is 37.8. The Labute approximate surface area is 185 Å². The maximum Gasteiger partial charge on any atom is 0.309 e. The Morgan fingerprint density at radius 1 is 1.13 bits per heavy atom. The minimum atomic E-state index is -4.39. The summed E-state index contributed by atoms with van der Waals surface area (Å²) >= 11 is 0. The average Bonchev–Trinajstić information content (AvgIpc) is 2.70. The number of hydrogen-bond donors (Lipinski definition) is 2. The molecule has 0 heterocycles. The first kappa shape index (κ1) is 27.1. The van der Waals surface area contributed by atoms with Crippen molar-refractivity contribution in [3.8, 4) is 0 Å². The molecule has 7 nitrogen and oxygen atoms in total. The fourth-order valence-electron chi connectivity index (χ4n) is 3.85. The molecule has 8 heteroatoms. The van der Waals surface area contributed by atoms with Crippen LogP contribution in [-0.2, 0) is 24.4 Å². The van der Waals surface area contributed by atoms with E-state index in [0.717, 1.165) is 18.4 Å². The van der Waals surface area contributed by atoms with Crippen molar-refractivity contribution in [1.82, 2.24) is 0 Å². The Morgan fingerprint density at radius 2 is 1.74 bits per heavy atom. The molecule has 1 aromatic carbocycles. The number of benzene rings is 1. The quantitative estimate of drug-likeness (QED) is 0.237. The van der Waals surface area contributed by atoms with Gasteiger partial charge in [0.25, 0.3) is 10.1 Å². The fourth-order valence-corrected chi connectivity index (χ4v) is 4.42. The molecule has 0 saturated carbocycles. The largest absolute Gasteiger partial charge is 0.481 e. The summed E-state index contributed by atoms with van der Waals surface area (Å²) in [7, 11) is -4.39. The maximum absolute atomic E-state index is 12.9. The normalized spacial score (nSPS) is 16.7. The number of carboxylic acids is 1. The van der Waals surface area contributed by atoms with Gasteiger partial charge in [0.1, 0.15) is 0 Å². The Morgan fingerprint density at radius 3 is 2.23 bits per heavy atom. The van der Waals surface area contributed by atoms with E-state index in [4.69, 9.17) is 4.74 Å². The third kappa shape index (κ3) is 8.61. The highest BCUT2D eigenvalue weighted by Gasteiger charge is 2.42. The first-order valence-corrected chi connectivity index (χ1v) is 12.4. The molecular weight excluding hydrogens is 420 g/mol. The molecule has 4 unspecified atom stereocenters. The molecular formula is C23H36O7S. The zero-order valence-electron chi connectivity index (χ0n) is 18.9. The average molecular weight is 457 g/mol. The van der Waals surface area contributed by atoms with Crippen LogP contribution < -0.4 is 0 Å². The van der Waals surface area contributed by atoms with Crippen molar-refractivity contribution >= 4 is 22.1 Å². The van der Waals surface area contributed by atoms with Crippen molar-refractivity contribution in [3.63, 3.8) is 0 Å². The van der Waals surface area contributed by atoms with E-state index in [2.05, 4.69) is 0 Å². The van der Waals surface area contributed by atoms with Crippen LogP contribution >= 0.6 is 0 Å². The van der Waals surface area contributed by atoms with Gasteiger partial charge in [-0.3, -0.25) is 14.1 Å². The minimum absolute atomic E-state index is 0.0296. The van der Waals surface area contributed by atoms with Crippen LogP contribution in [0, 0.1) is 11.3 Å². The van der Waals surface area contributed by atoms with Crippen LogP contribution in [0.5, 0.6) is 0 Å². The smallest absolute Gasteiger partial charge is 0.309 e. The topological polar surface area (TPSA) is 118 Å². The van der Waals surface area contributed by atoms with E-state index in [1.165, 1.54) is 13.8 Å².